The van der Waals surface area contributed by atoms with Gasteiger partial charge in [0.15, 0.2) is 0 Å². The molecule has 0 radical (unpaired) electrons. The highest BCUT2D eigenvalue weighted by Crippen LogP contribution is 2.27. The molecule has 0 saturated carbocycles. The van der Waals surface area contributed by atoms with Gasteiger partial charge in [0.05, 0.1) is 16.4 Å². The zero-order valence-electron chi connectivity index (χ0n) is 13.5. The molecule has 0 aliphatic heterocycles. The van der Waals surface area contributed by atoms with Crippen LogP contribution in [0.3, 0.4) is 0 Å². The van der Waals surface area contributed by atoms with Gasteiger partial charge in [0.2, 0.25) is 0 Å². The highest BCUT2D eigenvalue weighted by Gasteiger charge is 2.27. The van der Waals surface area contributed by atoms with Crippen molar-refractivity contribution in [2.45, 2.75) is 53.0 Å². The van der Waals surface area contributed by atoms with Crippen LogP contribution in [0.2, 0.25) is 0 Å². The molecule has 4 heteroatoms. The van der Waals surface area contributed by atoms with Crippen LogP contribution in [-0.2, 0) is 0 Å². The van der Waals surface area contributed by atoms with Gasteiger partial charge in [-0.1, -0.05) is 32.6 Å². The molecule has 1 heterocycles. The van der Waals surface area contributed by atoms with Crippen LogP contribution in [0.25, 0.3) is 0 Å². The summed E-state index contributed by atoms with van der Waals surface area (Å²) < 4.78 is 0. The lowest BCUT2D eigenvalue weighted by Crippen LogP contribution is -2.45. The van der Waals surface area contributed by atoms with Crippen LogP contribution in [0.5, 0.6) is 0 Å². The Bertz CT molecular complexity index is 541. The van der Waals surface area contributed by atoms with Gasteiger partial charge in [0.25, 0.3) is 5.91 Å². The molecule has 21 heavy (non-hydrogen) atoms. The molecular weight excluding hydrogens is 282 g/mol. The first-order valence-corrected chi connectivity index (χ1v) is 7.97. The minimum absolute atomic E-state index is 0.0514. The van der Waals surface area contributed by atoms with Crippen LogP contribution in [0.1, 0.15) is 62.0 Å². The summed E-state index contributed by atoms with van der Waals surface area (Å²) in [6.45, 7) is 10.7. The summed E-state index contributed by atoms with van der Waals surface area (Å²) in [4.78, 5) is 13.8. The molecule has 2 N–H and O–H groups in total. The third kappa shape index (κ3) is 6.79. The summed E-state index contributed by atoms with van der Waals surface area (Å²) in [6, 6.07) is 3.65. The number of nitrogens with one attached hydrogen (secondary N) is 1. The number of aliphatic hydroxyl groups is 1. The van der Waals surface area contributed by atoms with Crippen LogP contribution in [-0.4, -0.2) is 23.2 Å². The number of carbonyl (C=O) groups excluding carboxylic acids is 1. The number of hydrogen-bond acceptors (Lipinski definition) is 3. The fraction of sp³-hybridized carbons (Fsp3) is 0.588. The molecule has 1 aromatic heterocycles. The number of rotatable bonds is 4. The van der Waals surface area contributed by atoms with E-state index in [1.54, 1.807) is 6.07 Å². The summed E-state index contributed by atoms with van der Waals surface area (Å²) in [5.74, 6) is 5.76. The summed E-state index contributed by atoms with van der Waals surface area (Å²) in [7, 11) is 0. The zero-order valence-corrected chi connectivity index (χ0v) is 14.4. The average molecular weight is 307 g/mol. The molecule has 0 saturated heterocycles. The molecule has 0 atom stereocenters. The quantitative estimate of drug-likeness (QED) is 0.837. The van der Waals surface area contributed by atoms with Crippen LogP contribution < -0.4 is 5.32 Å². The molecule has 116 valence electrons. The fourth-order valence-electron chi connectivity index (χ4n) is 2.47. The summed E-state index contributed by atoms with van der Waals surface area (Å²) in [5, 5.41) is 11.8. The standard InChI is InChI=1S/C17H25NO2S/c1-16(2,3)12-17(4,5)18-15(20)14-10-9-13(21-14)8-6-7-11-19/h9-10,19H,7,11-12H2,1-5H3,(H,18,20). The zero-order chi connectivity index (χ0) is 16.1. The lowest BCUT2D eigenvalue weighted by atomic mass is 9.82. The number of amides is 1. The van der Waals surface area contributed by atoms with Crippen molar-refractivity contribution in [1.29, 1.82) is 0 Å². The van der Waals surface area contributed by atoms with Crippen molar-refractivity contribution in [3.05, 3.63) is 21.9 Å². The molecule has 0 bridgehead atoms. The summed E-state index contributed by atoms with van der Waals surface area (Å²) in [5.41, 5.74) is -0.0881. The Morgan fingerprint density at radius 3 is 2.52 bits per heavy atom. The average Bonchev–Trinajstić information content (AvgIpc) is 2.74. The first-order valence-electron chi connectivity index (χ1n) is 7.15. The van der Waals surface area contributed by atoms with Crippen LogP contribution in [0.15, 0.2) is 12.1 Å². The molecule has 1 aromatic rings. The molecule has 0 aliphatic carbocycles. The monoisotopic (exact) mass is 307 g/mol. The number of aliphatic hydroxyl groups excluding tert-OH is 1. The van der Waals surface area contributed by atoms with E-state index in [1.165, 1.54) is 11.3 Å². The van der Waals surface area contributed by atoms with E-state index in [-0.39, 0.29) is 23.5 Å². The van der Waals surface area contributed by atoms with Crippen molar-refractivity contribution in [3.63, 3.8) is 0 Å². The first kappa shape index (κ1) is 17.7. The summed E-state index contributed by atoms with van der Waals surface area (Å²) in [6.07, 6.45) is 1.36. The molecule has 0 spiro atoms. The molecule has 0 unspecified atom stereocenters. The lowest BCUT2D eigenvalue weighted by molar-refractivity contribution is 0.0895. The molecule has 0 fully saturated rings. The van der Waals surface area contributed by atoms with E-state index in [2.05, 4.69) is 37.9 Å². The largest absolute Gasteiger partial charge is 0.395 e. The van der Waals surface area contributed by atoms with Crippen molar-refractivity contribution >= 4 is 17.2 Å². The second kappa shape index (κ2) is 7.11. The molecule has 1 amide bonds. The number of thiophene rings is 1. The van der Waals surface area contributed by atoms with Crippen molar-refractivity contribution in [3.8, 4) is 11.8 Å². The Labute approximate surface area is 131 Å². The highest BCUT2D eigenvalue weighted by molar-refractivity contribution is 7.14. The van der Waals surface area contributed by atoms with Gasteiger partial charge < -0.3 is 10.4 Å². The van der Waals surface area contributed by atoms with Gasteiger partial charge in [-0.3, -0.25) is 4.79 Å². The second-order valence-electron chi connectivity index (χ2n) is 7.01. The first-order chi connectivity index (χ1) is 9.63. The van der Waals surface area contributed by atoms with Gasteiger partial charge in [-0.05, 0) is 37.8 Å². The van der Waals surface area contributed by atoms with Gasteiger partial charge in [0, 0.05) is 12.0 Å². The third-order valence-electron chi connectivity index (χ3n) is 2.70. The van der Waals surface area contributed by atoms with E-state index < -0.39 is 0 Å². The van der Waals surface area contributed by atoms with Gasteiger partial charge >= 0.3 is 0 Å². The molecular formula is C17H25NO2S. The smallest absolute Gasteiger partial charge is 0.261 e. The van der Waals surface area contributed by atoms with Crippen molar-refractivity contribution in [1.82, 2.24) is 5.32 Å². The van der Waals surface area contributed by atoms with E-state index in [0.717, 1.165) is 11.3 Å². The van der Waals surface area contributed by atoms with Crippen molar-refractivity contribution in [2.75, 3.05) is 6.61 Å². The molecule has 1 rings (SSSR count). The van der Waals surface area contributed by atoms with Crippen LogP contribution in [0.4, 0.5) is 0 Å². The van der Waals surface area contributed by atoms with E-state index in [0.29, 0.717) is 11.3 Å². The van der Waals surface area contributed by atoms with Crippen molar-refractivity contribution in [2.24, 2.45) is 5.41 Å². The topological polar surface area (TPSA) is 49.3 Å². The second-order valence-corrected chi connectivity index (χ2v) is 8.10. The van der Waals surface area contributed by atoms with Crippen molar-refractivity contribution < 1.29 is 9.90 Å². The SMILES string of the molecule is CC(C)(C)CC(C)(C)NC(=O)c1ccc(C#CCCO)s1. The van der Waals surface area contributed by atoms with E-state index in [1.807, 2.05) is 19.9 Å². The van der Waals surface area contributed by atoms with E-state index >= 15 is 0 Å². The van der Waals surface area contributed by atoms with Gasteiger partial charge in [-0.2, -0.15) is 0 Å². The highest BCUT2D eigenvalue weighted by atomic mass is 32.1. The Kier molecular flexibility index (Phi) is 6.00. The summed E-state index contributed by atoms with van der Waals surface area (Å²) >= 11 is 1.38. The van der Waals surface area contributed by atoms with E-state index in [9.17, 15) is 4.79 Å². The minimum atomic E-state index is -0.248. The van der Waals surface area contributed by atoms with Gasteiger partial charge in [-0.25, -0.2) is 0 Å². The number of hydrogen-bond donors (Lipinski definition) is 2. The van der Waals surface area contributed by atoms with Gasteiger partial charge in [0.1, 0.15) is 0 Å². The Balaban J connectivity index is 2.70. The minimum Gasteiger partial charge on any atom is -0.395 e. The Morgan fingerprint density at radius 2 is 1.95 bits per heavy atom. The lowest BCUT2D eigenvalue weighted by Gasteiger charge is -2.33. The Hall–Kier alpha value is -1.31. The van der Waals surface area contributed by atoms with Crippen LogP contribution >= 0.6 is 11.3 Å². The third-order valence-corrected chi connectivity index (χ3v) is 3.70. The van der Waals surface area contributed by atoms with Gasteiger partial charge in [-0.15, -0.1) is 11.3 Å². The normalized spacial score (nSPS) is 11.7. The maximum atomic E-state index is 12.3. The van der Waals surface area contributed by atoms with E-state index in [4.69, 9.17) is 5.11 Å². The molecule has 3 nitrogen and oxygen atoms in total. The van der Waals surface area contributed by atoms with Crippen LogP contribution in [0, 0.1) is 17.3 Å². The predicted molar refractivity (Wildman–Crippen MR) is 88.5 cm³/mol. The predicted octanol–water partition coefficient (Wildman–Crippen LogP) is 3.43. The maximum absolute atomic E-state index is 12.3. The number of carbonyl (C=O) groups is 1. The maximum Gasteiger partial charge on any atom is 0.261 e. The molecule has 0 aliphatic rings. The Morgan fingerprint density at radius 1 is 1.29 bits per heavy atom. The fourth-order valence-corrected chi connectivity index (χ4v) is 3.25. The molecule has 0 aromatic carbocycles.